The van der Waals surface area contributed by atoms with Crippen LogP contribution in [0.5, 0.6) is 5.75 Å². The molecule has 5 nitrogen and oxygen atoms in total. The molecule has 1 aromatic heterocycles. The van der Waals surface area contributed by atoms with Crippen LogP contribution in [-0.2, 0) is 30.8 Å². The van der Waals surface area contributed by atoms with Crippen LogP contribution in [0.25, 0.3) is 12.2 Å². The van der Waals surface area contributed by atoms with Gasteiger partial charge in [-0.2, -0.15) is 0 Å². The minimum Gasteiger partial charge on any atom is -0.488 e. The van der Waals surface area contributed by atoms with E-state index >= 15 is 4.39 Å². The Balaban J connectivity index is 1.66. The molecule has 3 N–H and O–H groups in total. The van der Waals surface area contributed by atoms with E-state index in [9.17, 15) is 9.90 Å². The van der Waals surface area contributed by atoms with Crippen LogP contribution in [0.15, 0.2) is 47.1 Å². The minimum atomic E-state index is -0.911. The molecule has 4 rings (SSSR count). The van der Waals surface area contributed by atoms with Gasteiger partial charge in [0.1, 0.15) is 23.6 Å². The van der Waals surface area contributed by atoms with Crippen molar-refractivity contribution in [3.63, 3.8) is 0 Å². The summed E-state index contributed by atoms with van der Waals surface area (Å²) in [6.45, 7) is 4.44. The number of nitrogens with two attached hydrogens (primary N) is 1. The molecule has 172 valence electrons. The molecule has 1 aliphatic rings. The molecule has 2 aromatic carbocycles. The number of aliphatic carboxylic acids is 1. The Morgan fingerprint density at radius 2 is 2.00 bits per heavy atom. The van der Waals surface area contributed by atoms with Gasteiger partial charge in [-0.15, -0.1) is 0 Å². The van der Waals surface area contributed by atoms with Gasteiger partial charge in [0.15, 0.2) is 0 Å². The topological polar surface area (TPSA) is 85.7 Å². The molecule has 0 radical (unpaired) electrons. The molecule has 0 amide bonds. The van der Waals surface area contributed by atoms with Gasteiger partial charge in [0.2, 0.25) is 0 Å². The van der Waals surface area contributed by atoms with Crippen LogP contribution in [0.1, 0.15) is 47.6 Å². The maximum Gasteiger partial charge on any atom is 0.307 e. The molecular formula is C27H28FNO4. The molecule has 2 unspecified atom stereocenters. The van der Waals surface area contributed by atoms with Crippen molar-refractivity contribution in [3.05, 3.63) is 86.9 Å². The van der Waals surface area contributed by atoms with Crippen LogP contribution in [0, 0.1) is 11.7 Å². The van der Waals surface area contributed by atoms with E-state index in [-0.39, 0.29) is 37.2 Å². The van der Waals surface area contributed by atoms with Gasteiger partial charge in [-0.25, -0.2) is 4.39 Å². The van der Waals surface area contributed by atoms with Gasteiger partial charge < -0.3 is 20.0 Å². The quantitative estimate of drug-likeness (QED) is 0.548. The second-order valence-corrected chi connectivity index (χ2v) is 8.44. The SMILES string of the molecule is CCc1ccc(CC(=O)O)c(OCc2coc3c2=CC(c2cccc(CN)c2F)C(C)C=3)c1. The predicted molar refractivity (Wildman–Crippen MR) is 125 cm³/mol. The van der Waals surface area contributed by atoms with Crippen molar-refractivity contribution in [1.82, 2.24) is 0 Å². The van der Waals surface area contributed by atoms with Crippen LogP contribution in [0.4, 0.5) is 4.39 Å². The van der Waals surface area contributed by atoms with E-state index < -0.39 is 5.97 Å². The largest absolute Gasteiger partial charge is 0.488 e. The zero-order valence-corrected chi connectivity index (χ0v) is 18.8. The third-order valence-electron chi connectivity index (χ3n) is 6.22. The van der Waals surface area contributed by atoms with Crippen LogP contribution < -0.4 is 21.1 Å². The molecule has 2 atom stereocenters. The smallest absolute Gasteiger partial charge is 0.307 e. The number of rotatable bonds is 8. The number of carboxylic acids is 1. The lowest BCUT2D eigenvalue weighted by molar-refractivity contribution is -0.136. The summed E-state index contributed by atoms with van der Waals surface area (Å²) in [7, 11) is 0. The van der Waals surface area contributed by atoms with Crippen molar-refractivity contribution >= 4 is 18.1 Å². The third kappa shape index (κ3) is 4.71. The summed E-state index contributed by atoms with van der Waals surface area (Å²) in [5.74, 6) is -0.736. The summed E-state index contributed by atoms with van der Waals surface area (Å²) in [6.07, 6.45) is 6.40. The lowest BCUT2D eigenvalue weighted by Crippen LogP contribution is -2.31. The number of furan rings is 1. The van der Waals surface area contributed by atoms with Crippen molar-refractivity contribution in [2.75, 3.05) is 0 Å². The first-order chi connectivity index (χ1) is 15.9. The standard InChI is InChI=1S/C27H28FNO4/c1-3-17-7-8-18(11-26(30)31)24(10-17)32-14-20-15-33-25-9-16(2)22(12-23(20)25)21-6-4-5-19(13-29)27(21)28/h4-10,12,15-16,22H,3,11,13-14,29H2,1-2H3,(H,30,31). The summed E-state index contributed by atoms with van der Waals surface area (Å²) in [5.41, 5.74) is 10.1. The van der Waals surface area contributed by atoms with Crippen molar-refractivity contribution in [3.8, 4) is 5.75 Å². The fourth-order valence-corrected chi connectivity index (χ4v) is 4.33. The van der Waals surface area contributed by atoms with Crippen LogP contribution in [0.3, 0.4) is 0 Å². The Morgan fingerprint density at radius 1 is 1.18 bits per heavy atom. The van der Waals surface area contributed by atoms with Gasteiger partial charge in [0, 0.05) is 34.4 Å². The molecule has 6 heteroatoms. The average molecular weight is 450 g/mol. The maximum atomic E-state index is 15.0. The molecule has 0 fully saturated rings. The van der Waals surface area contributed by atoms with E-state index in [1.165, 1.54) is 0 Å². The molecule has 33 heavy (non-hydrogen) atoms. The highest BCUT2D eigenvalue weighted by Gasteiger charge is 2.24. The molecule has 3 aromatic rings. The number of carboxylic acid groups (broad SMARTS) is 1. The van der Waals surface area contributed by atoms with Crippen molar-refractivity contribution in [1.29, 1.82) is 0 Å². The Kier molecular flexibility index (Phi) is 6.65. The molecule has 0 bridgehead atoms. The average Bonchev–Trinajstić information content (AvgIpc) is 3.19. The fourth-order valence-electron chi connectivity index (χ4n) is 4.33. The van der Waals surface area contributed by atoms with Crippen LogP contribution >= 0.6 is 0 Å². The van der Waals surface area contributed by atoms with Crippen molar-refractivity contribution < 1.29 is 23.4 Å². The number of hydrogen-bond donors (Lipinski definition) is 2. The minimum absolute atomic E-state index is 0.0448. The molecule has 0 spiro atoms. The molecular weight excluding hydrogens is 421 g/mol. The number of fused-ring (bicyclic) bond motifs is 1. The van der Waals surface area contributed by atoms with Crippen molar-refractivity contribution in [2.45, 2.75) is 45.8 Å². The maximum absolute atomic E-state index is 15.0. The highest BCUT2D eigenvalue weighted by atomic mass is 19.1. The summed E-state index contributed by atoms with van der Waals surface area (Å²) < 4.78 is 26.9. The third-order valence-corrected chi connectivity index (χ3v) is 6.22. The summed E-state index contributed by atoms with van der Waals surface area (Å²) in [5, 5.41) is 10.1. The fraction of sp³-hybridized carbons (Fsp3) is 0.296. The second-order valence-electron chi connectivity index (χ2n) is 8.44. The number of benzene rings is 2. The zero-order chi connectivity index (χ0) is 23.5. The van der Waals surface area contributed by atoms with Gasteiger partial charge in [-0.05, 0) is 35.6 Å². The lowest BCUT2D eigenvalue weighted by atomic mass is 9.82. The van der Waals surface area contributed by atoms with E-state index in [0.29, 0.717) is 22.4 Å². The first-order valence-corrected chi connectivity index (χ1v) is 11.1. The first-order valence-electron chi connectivity index (χ1n) is 11.1. The second kappa shape index (κ2) is 9.63. The van der Waals surface area contributed by atoms with Crippen LogP contribution in [0.2, 0.25) is 0 Å². The molecule has 1 heterocycles. The van der Waals surface area contributed by atoms with Gasteiger partial charge in [0.05, 0.1) is 12.7 Å². The van der Waals surface area contributed by atoms with Crippen LogP contribution in [-0.4, -0.2) is 11.1 Å². The first kappa shape index (κ1) is 22.8. The number of halogens is 1. The Hall–Kier alpha value is -3.38. The lowest BCUT2D eigenvalue weighted by Gasteiger charge is -2.22. The van der Waals surface area contributed by atoms with Gasteiger partial charge >= 0.3 is 5.97 Å². The normalized spacial score (nSPS) is 17.1. The monoisotopic (exact) mass is 449 g/mol. The molecule has 0 saturated carbocycles. The van der Waals surface area contributed by atoms with Gasteiger partial charge in [-0.3, -0.25) is 4.79 Å². The van der Waals surface area contributed by atoms with E-state index in [4.69, 9.17) is 14.9 Å². The summed E-state index contributed by atoms with van der Waals surface area (Å²) in [6, 6.07) is 11.0. The summed E-state index contributed by atoms with van der Waals surface area (Å²) in [4.78, 5) is 11.3. The Labute approximate surface area is 192 Å². The number of hydrogen-bond acceptors (Lipinski definition) is 4. The van der Waals surface area contributed by atoms with Gasteiger partial charge in [-0.1, -0.05) is 50.3 Å². The number of ether oxygens (including phenoxy) is 1. The van der Waals surface area contributed by atoms with Crippen molar-refractivity contribution in [2.24, 2.45) is 11.7 Å². The number of aryl methyl sites for hydroxylation is 1. The molecule has 1 aliphatic carbocycles. The summed E-state index contributed by atoms with van der Waals surface area (Å²) >= 11 is 0. The molecule has 0 saturated heterocycles. The highest BCUT2D eigenvalue weighted by molar-refractivity contribution is 5.71. The van der Waals surface area contributed by atoms with E-state index in [2.05, 4.69) is 0 Å². The highest BCUT2D eigenvalue weighted by Crippen LogP contribution is 2.32. The van der Waals surface area contributed by atoms with E-state index in [1.807, 2.05) is 44.2 Å². The van der Waals surface area contributed by atoms with E-state index in [1.54, 1.807) is 24.5 Å². The zero-order valence-electron chi connectivity index (χ0n) is 18.8. The Bertz CT molecular complexity index is 1290. The van der Waals surface area contributed by atoms with E-state index in [0.717, 1.165) is 28.2 Å². The number of carbonyl (C=O) groups is 1. The van der Waals surface area contributed by atoms with Gasteiger partial charge in [0.25, 0.3) is 0 Å². The predicted octanol–water partition coefficient (Wildman–Crippen LogP) is 3.64. The molecule has 0 aliphatic heterocycles. The Morgan fingerprint density at radius 3 is 2.73 bits per heavy atom.